The molecule has 2 aliphatic carbocycles. The summed E-state index contributed by atoms with van der Waals surface area (Å²) in [6, 6.07) is 0.949. The zero-order valence-electron chi connectivity index (χ0n) is 7.10. The molecule has 1 heteroatoms. The number of nitrogens with one attached hydrogen (secondary N) is 1. The Morgan fingerprint density at radius 1 is 1.09 bits per heavy atom. The Kier molecular flexibility index (Phi) is 1.18. The Bertz CT molecular complexity index is 162. The van der Waals surface area contributed by atoms with Crippen LogP contribution in [-0.2, 0) is 0 Å². The lowest BCUT2D eigenvalue weighted by atomic mass is 9.54. The summed E-state index contributed by atoms with van der Waals surface area (Å²) < 4.78 is 0. The predicted molar refractivity (Wildman–Crippen MR) is 45.4 cm³/mol. The number of hydrogen-bond donors (Lipinski definition) is 1. The van der Waals surface area contributed by atoms with Gasteiger partial charge in [-0.05, 0) is 37.0 Å². The van der Waals surface area contributed by atoms with Gasteiger partial charge in [-0.1, -0.05) is 12.8 Å². The van der Waals surface area contributed by atoms with Gasteiger partial charge in [-0.3, -0.25) is 0 Å². The fourth-order valence-electron chi connectivity index (χ4n) is 3.07. The normalized spacial score (nSPS) is 40.9. The fourth-order valence-corrected chi connectivity index (χ4v) is 3.07. The van der Waals surface area contributed by atoms with Crippen molar-refractivity contribution in [3.63, 3.8) is 0 Å². The summed E-state index contributed by atoms with van der Waals surface area (Å²) in [6.45, 7) is 1.34. The molecular formula is C10H17N. The lowest BCUT2D eigenvalue weighted by Gasteiger charge is -2.61. The van der Waals surface area contributed by atoms with Gasteiger partial charge in [-0.2, -0.15) is 0 Å². The third-order valence-electron chi connectivity index (χ3n) is 4.30. The Morgan fingerprint density at radius 2 is 1.91 bits per heavy atom. The van der Waals surface area contributed by atoms with E-state index in [1.165, 1.54) is 45.1 Å². The van der Waals surface area contributed by atoms with Crippen LogP contribution < -0.4 is 5.32 Å². The molecule has 0 aromatic rings. The molecule has 1 aliphatic heterocycles. The first-order valence-corrected chi connectivity index (χ1v) is 5.14. The number of rotatable bonds is 1. The summed E-state index contributed by atoms with van der Waals surface area (Å²) >= 11 is 0. The van der Waals surface area contributed by atoms with Gasteiger partial charge >= 0.3 is 0 Å². The van der Waals surface area contributed by atoms with Crippen molar-refractivity contribution in [3.05, 3.63) is 0 Å². The molecule has 2 saturated carbocycles. The van der Waals surface area contributed by atoms with Gasteiger partial charge in [0.05, 0.1) is 0 Å². The standard InChI is InChI=1S/C10H17N/c1-3-8(4-1)9-10(7-11-9)5-2-6-10/h8-9,11H,1-7H2. The molecule has 1 nitrogen and oxygen atoms in total. The number of hydrogen-bond acceptors (Lipinski definition) is 1. The van der Waals surface area contributed by atoms with Crippen molar-refractivity contribution in [1.29, 1.82) is 0 Å². The molecule has 3 aliphatic rings. The van der Waals surface area contributed by atoms with Crippen molar-refractivity contribution >= 4 is 0 Å². The minimum atomic E-state index is 0.824. The highest BCUT2D eigenvalue weighted by Crippen LogP contribution is 2.53. The van der Waals surface area contributed by atoms with Crippen LogP contribution in [0, 0.1) is 11.3 Å². The van der Waals surface area contributed by atoms with Gasteiger partial charge in [-0.15, -0.1) is 0 Å². The zero-order valence-corrected chi connectivity index (χ0v) is 7.10. The third kappa shape index (κ3) is 0.703. The van der Waals surface area contributed by atoms with Gasteiger partial charge in [0, 0.05) is 12.6 Å². The van der Waals surface area contributed by atoms with Crippen molar-refractivity contribution < 1.29 is 0 Å². The average molecular weight is 151 g/mol. The van der Waals surface area contributed by atoms with Crippen LogP contribution in [-0.4, -0.2) is 12.6 Å². The second kappa shape index (κ2) is 2.01. The highest BCUT2D eigenvalue weighted by atomic mass is 15.1. The van der Waals surface area contributed by atoms with Gasteiger partial charge in [0.2, 0.25) is 0 Å². The van der Waals surface area contributed by atoms with Crippen molar-refractivity contribution in [2.24, 2.45) is 11.3 Å². The SMILES string of the molecule is C1CC(C2NCC23CCC3)C1. The molecule has 0 radical (unpaired) electrons. The Balaban J connectivity index is 1.69. The van der Waals surface area contributed by atoms with E-state index in [-0.39, 0.29) is 0 Å². The van der Waals surface area contributed by atoms with Crippen LogP contribution in [0.25, 0.3) is 0 Å². The van der Waals surface area contributed by atoms with Crippen LogP contribution in [0.2, 0.25) is 0 Å². The molecule has 1 saturated heterocycles. The maximum Gasteiger partial charge on any atom is 0.0164 e. The quantitative estimate of drug-likeness (QED) is 0.604. The highest BCUT2D eigenvalue weighted by Gasteiger charge is 2.53. The second-order valence-electron chi connectivity index (χ2n) is 4.77. The van der Waals surface area contributed by atoms with Gasteiger partial charge in [-0.25, -0.2) is 0 Å². The van der Waals surface area contributed by atoms with Crippen molar-refractivity contribution in [2.45, 2.75) is 44.6 Å². The molecule has 1 spiro atoms. The Morgan fingerprint density at radius 3 is 2.18 bits per heavy atom. The Labute approximate surface area is 68.6 Å². The van der Waals surface area contributed by atoms with Crippen LogP contribution in [0.4, 0.5) is 0 Å². The van der Waals surface area contributed by atoms with E-state index in [0.717, 1.165) is 17.4 Å². The molecule has 11 heavy (non-hydrogen) atoms. The summed E-state index contributed by atoms with van der Waals surface area (Å²) in [5.74, 6) is 1.07. The van der Waals surface area contributed by atoms with E-state index in [9.17, 15) is 0 Å². The van der Waals surface area contributed by atoms with E-state index < -0.39 is 0 Å². The van der Waals surface area contributed by atoms with Crippen LogP contribution in [0.3, 0.4) is 0 Å². The minimum absolute atomic E-state index is 0.824. The van der Waals surface area contributed by atoms with Crippen molar-refractivity contribution in [1.82, 2.24) is 5.32 Å². The smallest absolute Gasteiger partial charge is 0.0164 e. The molecule has 62 valence electrons. The maximum atomic E-state index is 3.64. The van der Waals surface area contributed by atoms with Gasteiger partial charge < -0.3 is 5.32 Å². The summed E-state index contributed by atoms with van der Waals surface area (Å²) in [6.07, 6.45) is 9.09. The van der Waals surface area contributed by atoms with Gasteiger partial charge in [0.25, 0.3) is 0 Å². The average Bonchev–Trinajstić information content (AvgIpc) is 1.71. The summed E-state index contributed by atoms with van der Waals surface area (Å²) in [5, 5.41) is 3.64. The summed E-state index contributed by atoms with van der Waals surface area (Å²) in [4.78, 5) is 0. The van der Waals surface area contributed by atoms with E-state index >= 15 is 0 Å². The van der Waals surface area contributed by atoms with Crippen molar-refractivity contribution in [3.8, 4) is 0 Å². The van der Waals surface area contributed by atoms with Crippen LogP contribution in [0.15, 0.2) is 0 Å². The molecule has 1 unspecified atom stereocenters. The topological polar surface area (TPSA) is 12.0 Å². The highest BCUT2D eigenvalue weighted by molar-refractivity contribution is 5.09. The van der Waals surface area contributed by atoms with E-state index in [0.29, 0.717) is 0 Å². The molecule has 0 amide bonds. The first-order valence-electron chi connectivity index (χ1n) is 5.14. The molecular weight excluding hydrogens is 134 g/mol. The van der Waals surface area contributed by atoms with Crippen LogP contribution in [0.5, 0.6) is 0 Å². The largest absolute Gasteiger partial charge is 0.312 e. The molecule has 1 N–H and O–H groups in total. The lowest BCUT2D eigenvalue weighted by Crippen LogP contribution is -2.68. The van der Waals surface area contributed by atoms with Crippen molar-refractivity contribution in [2.75, 3.05) is 6.54 Å². The molecule has 0 aromatic carbocycles. The molecule has 0 bridgehead atoms. The van der Waals surface area contributed by atoms with Crippen LogP contribution >= 0.6 is 0 Å². The van der Waals surface area contributed by atoms with E-state index in [4.69, 9.17) is 0 Å². The zero-order chi connectivity index (χ0) is 7.31. The fraction of sp³-hybridized carbons (Fsp3) is 1.00. The maximum absolute atomic E-state index is 3.64. The van der Waals surface area contributed by atoms with Gasteiger partial charge in [0.1, 0.15) is 0 Å². The van der Waals surface area contributed by atoms with Gasteiger partial charge in [0.15, 0.2) is 0 Å². The molecule has 3 fully saturated rings. The second-order valence-corrected chi connectivity index (χ2v) is 4.77. The van der Waals surface area contributed by atoms with Crippen LogP contribution in [0.1, 0.15) is 38.5 Å². The lowest BCUT2D eigenvalue weighted by molar-refractivity contribution is -0.0522. The minimum Gasteiger partial charge on any atom is -0.312 e. The monoisotopic (exact) mass is 151 g/mol. The van der Waals surface area contributed by atoms with E-state index in [2.05, 4.69) is 5.32 Å². The molecule has 1 atom stereocenters. The summed E-state index contributed by atoms with van der Waals surface area (Å²) in [7, 11) is 0. The summed E-state index contributed by atoms with van der Waals surface area (Å²) in [5.41, 5.74) is 0.824. The first kappa shape index (κ1) is 6.47. The van der Waals surface area contributed by atoms with E-state index in [1.807, 2.05) is 0 Å². The molecule has 0 aromatic heterocycles. The predicted octanol–water partition coefficient (Wildman–Crippen LogP) is 1.93. The Hall–Kier alpha value is -0.0400. The van der Waals surface area contributed by atoms with E-state index in [1.54, 1.807) is 0 Å². The first-order chi connectivity index (χ1) is 5.41. The molecule has 3 rings (SSSR count). The molecule has 1 heterocycles. The third-order valence-corrected chi connectivity index (χ3v) is 4.30.